The molecule has 0 unspecified atom stereocenters. The zero-order chi connectivity index (χ0) is 29.9. The number of fused-ring (bicyclic) bond motifs is 2. The van der Waals surface area contributed by atoms with Gasteiger partial charge in [-0.15, -0.1) is 0 Å². The number of hydrazine groups is 1. The molecule has 0 aliphatic carbocycles. The number of benzene rings is 4. The van der Waals surface area contributed by atoms with Crippen LogP contribution < -0.4 is 10.1 Å². The van der Waals surface area contributed by atoms with Crippen LogP contribution in [-0.4, -0.2) is 77.1 Å². The maximum atomic E-state index is 14.2. The van der Waals surface area contributed by atoms with Crippen molar-refractivity contribution in [2.75, 3.05) is 27.2 Å². The van der Waals surface area contributed by atoms with Gasteiger partial charge in [-0.3, -0.25) is 9.59 Å². The second-order valence-corrected chi connectivity index (χ2v) is 11.0. The predicted octanol–water partition coefficient (Wildman–Crippen LogP) is 4.03. The van der Waals surface area contributed by atoms with E-state index in [-0.39, 0.29) is 30.9 Å². The standard InChI is InChI=1S/C34H35N5O4/c1-36-23-32(40)38-30(19-24-9-4-3-5-10-24)33(41)37(21-27-13-8-12-26-11-6-7-14-29(26)27)22-31(38)39(36)34(42)35-20-25-15-17-28(43-2)18-16-25/h3-18,30-31H,19-23H2,1-2H3,(H,35,42)/t30-,31-/m0/s1. The minimum atomic E-state index is -0.741. The van der Waals surface area contributed by atoms with E-state index in [1.165, 1.54) is 0 Å². The quantitative estimate of drug-likeness (QED) is 0.359. The number of amides is 4. The minimum absolute atomic E-state index is 0.00561. The molecule has 43 heavy (non-hydrogen) atoms. The number of rotatable bonds is 7. The second-order valence-electron chi connectivity index (χ2n) is 11.0. The Hall–Kier alpha value is -4.89. The van der Waals surface area contributed by atoms with Crippen molar-refractivity contribution in [2.24, 2.45) is 0 Å². The highest BCUT2D eigenvalue weighted by Gasteiger charge is 2.50. The van der Waals surface area contributed by atoms with Crippen LogP contribution in [0.25, 0.3) is 10.8 Å². The van der Waals surface area contributed by atoms with E-state index in [9.17, 15) is 14.4 Å². The van der Waals surface area contributed by atoms with Gasteiger partial charge in [0.25, 0.3) is 0 Å². The molecule has 4 aromatic carbocycles. The number of carbonyl (C=O) groups is 3. The first-order valence-corrected chi connectivity index (χ1v) is 14.4. The molecule has 0 radical (unpaired) electrons. The van der Waals surface area contributed by atoms with E-state index in [4.69, 9.17) is 4.74 Å². The van der Waals surface area contributed by atoms with Crippen molar-refractivity contribution in [1.82, 2.24) is 25.1 Å². The first-order valence-electron chi connectivity index (χ1n) is 14.4. The van der Waals surface area contributed by atoms with Crippen LogP contribution in [0.3, 0.4) is 0 Å². The molecule has 220 valence electrons. The fraction of sp³-hybridized carbons (Fsp3) is 0.265. The smallest absolute Gasteiger partial charge is 0.334 e. The molecule has 2 aliphatic heterocycles. The van der Waals surface area contributed by atoms with Gasteiger partial charge >= 0.3 is 6.03 Å². The summed E-state index contributed by atoms with van der Waals surface area (Å²) in [5.41, 5.74) is 2.89. The van der Waals surface area contributed by atoms with Crippen molar-refractivity contribution in [3.8, 4) is 5.75 Å². The summed E-state index contributed by atoms with van der Waals surface area (Å²) in [7, 11) is 3.35. The average molecular weight is 578 g/mol. The molecule has 9 heteroatoms. The Labute approximate surface area is 251 Å². The van der Waals surface area contributed by atoms with E-state index in [0.29, 0.717) is 19.5 Å². The monoisotopic (exact) mass is 577 g/mol. The number of piperazine rings is 1. The van der Waals surface area contributed by atoms with Crippen LogP contribution in [-0.2, 0) is 29.1 Å². The number of nitrogens with zero attached hydrogens (tertiary/aromatic N) is 4. The van der Waals surface area contributed by atoms with E-state index >= 15 is 0 Å². The van der Waals surface area contributed by atoms with Crippen LogP contribution in [0.15, 0.2) is 97.1 Å². The Kier molecular flexibility index (Phi) is 7.98. The number of hydrogen-bond donors (Lipinski definition) is 1. The summed E-state index contributed by atoms with van der Waals surface area (Å²) in [6.07, 6.45) is -0.303. The number of ether oxygens (including phenoxy) is 1. The summed E-state index contributed by atoms with van der Waals surface area (Å²) in [5, 5.41) is 8.42. The van der Waals surface area contributed by atoms with Gasteiger partial charge in [-0.05, 0) is 39.6 Å². The minimum Gasteiger partial charge on any atom is -0.497 e. The first-order chi connectivity index (χ1) is 20.9. The molecule has 2 saturated heterocycles. The number of nitrogens with one attached hydrogen (secondary N) is 1. The fourth-order valence-electron chi connectivity index (χ4n) is 6.12. The Balaban J connectivity index is 1.31. The van der Waals surface area contributed by atoms with Gasteiger partial charge in [0.2, 0.25) is 11.8 Å². The normalized spacial score (nSPS) is 19.0. The van der Waals surface area contributed by atoms with E-state index in [1.54, 1.807) is 34.0 Å². The molecule has 0 bridgehead atoms. The molecule has 2 atom stereocenters. The molecule has 4 amide bonds. The van der Waals surface area contributed by atoms with Crippen LogP contribution in [0.1, 0.15) is 16.7 Å². The Morgan fingerprint density at radius 1 is 0.884 bits per heavy atom. The molecule has 1 N–H and O–H groups in total. The van der Waals surface area contributed by atoms with Crippen LogP contribution in [0.4, 0.5) is 4.79 Å². The molecule has 6 rings (SSSR count). The van der Waals surface area contributed by atoms with Crippen molar-refractivity contribution in [1.29, 1.82) is 0 Å². The molecule has 2 heterocycles. The van der Waals surface area contributed by atoms with Crippen molar-refractivity contribution < 1.29 is 19.1 Å². The number of likely N-dealkylation sites (N-methyl/N-ethyl adjacent to an activating group) is 1. The summed E-state index contributed by atoms with van der Waals surface area (Å²) in [5.74, 6) is 0.443. The lowest BCUT2D eigenvalue weighted by Crippen LogP contribution is -2.76. The van der Waals surface area contributed by atoms with Gasteiger partial charge in [0, 0.05) is 26.6 Å². The molecular formula is C34H35N5O4. The first kappa shape index (κ1) is 28.2. The molecule has 4 aromatic rings. The summed E-state index contributed by atoms with van der Waals surface area (Å²) in [6.45, 7) is 0.864. The van der Waals surface area contributed by atoms with E-state index in [0.717, 1.165) is 33.2 Å². The number of urea groups is 1. The lowest BCUT2D eigenvalue weighted by atomic mass is 9.97. The third kappa shape index (κ3) is 5.76. The maximum absolute atomic E-state index is 14.2. The largest absolute Gasteiger partial charge is 0.497 e. The predicted molar refractivity (Wildman–Crippen MR) is 164 cm³/mol. The molecular weight excluding hydrogens is 542 g/mol. The van der Waals surface area contributed by atoms with E-state index in [1.807, 2.05) is 78.9 Å². The molecule has 9 nitrogen and oxygen atoms in total. The van der Waals surface area contributed by atoms with Crippen LogP contribution in [0.5, 0.6) is 5.75 Å². The Bertz CT molecular complexity index is 1620. The topological polar surface area (TPSA) is 85.4 Å². The van der Waals surface area contributed by atoms with Gasteiger partial charge in [-0.25, -0.2) is 14.8 Å². The van der Waals surface area contributed by atoms with Gasteiger partial charge in [0.15, 0.2) is 0 Å². The van der Waals surface area contributed by atoms with E-state index < -0.39 is 12.2 Å². The average Bonchev–Trinajstić information content (AvgIpc) is 3.02. The number of hydrogen-bond acceptors (Lipinski definition) is 5. The summed E-state index contributed by atoms with van der Waals surface area (Å²) >= 11 is 0. The van der Waals surface area contributed by atoms with Crippen molar-refractivity contribution in [3.05, 3.63) is 114 Å². The maximum Gasteiger partial charge on any atom is 0.334 e. The van der Waals surface area contributed by atoms with Crippen LogP contribution in [0.2, 0.25) is 0 Å². The lowest BCUT2D eigenvalue weighted by Gasteiger charge is -2.54. The molecule has 2 aliphatic rings. The highest BCUT2D eigenvalue weighted by Crippen LogP contribution is 2.30. The summed E-state index contributed by atoms with van der Waals surface area (Å²) < 4.78 is 5.24. The van der Waals surface area contributed by atoms with Gasteiger partial charge in [-0.1, -0.05) is 84.9 Å². The Morgan fingerprint density at radius 2 is 1.60 bits per heavy atom. The lowest BCUT2D eigenvalue weighted by molar-refractivity contribution is -0.187. The van der Waals surface area contributed by atoms with Gasteiger partial charge in [0.1, 0.15) is 18.0 Å². The van der Waals surface area contributed by atoms with E-state index in [2.05, 4.69) is 23.5 Å². The molecule has 0 saturated carbocycles. The Morgan fingerprint density at radius 3 is 2.37 bits per heavy atom. The van der Waals surface area contributed by atoms with Gasteiger partial charge < -0.3 is 19.9 Å². The highest BCUT2D eigenvalue weighted by molar-refractivity contribution is 5.92. The van der Waals surface area contributed by atoms with Crippen LogP contribution >= 0.6 is 0 Å². The number of methoxy groups -OCH3 is 1. The van der Waals surface area contributed by atoms with Gasteiger partial charge in [0.05, 0.1) is 20.2 Å². The molecule has 0 spiro atoms. The SMILES string of the molecule is COc1ccc(CNC(=O)N2[C@H]3CN(Cc4cccc5ccccc45)C(=O)[C@H](Cc4ccccc4)N3C(=O)CN2C)cc1. The van der Waals surface area contributed by atoms with Crippen molar-refractivity contribution in [2.45, 2.75) is 31.7 Å². The third-order valence-electron chi connectivity index (χ3n) is 8.26. The third-order valence-corrected chi connectivity index (χ3v) is 8.26. The fourth-order valence-corrected chi connectivity index (χ4v) is 6.12. The summed E-state index contributed by atoms with van der Waals surface area (Å²) in [6, 6.07) is 30.3. The number of carbonyl (C=O) groups excluding carboxylic acids is 3. The van der Waals surface area contributed by atoms with Crippen molar-refractivity contribution in [3.63, 3.8) is 0 Å². The highest BCUT2D eigenvalue weighted by atomic mass is 16.5. The van der Waals surface area contributed by atoms with Crippen LogP contribution in [0, 0.1) is 0 Å². The molecule has 0 aromatic heterocycles. The van der Waals surface area contributed by atoms with Gasteiger partial charge in [-0.2, -0.15) is 0 Å². The zero-order valence-electron chi connectivity index (χ0n) is 24.3. The second kappa shape index (κ2) is 12.1. The molecule has 2 fully saturated rings. The summed E-state index contributed by atoms with van der Waals surface area (Å²) in [4.78, 5) is 44.9. The zero-order valence-corrected chi connectivity index (χ0v) is 24.3. The van der Waals surface area contributed by atoms with Crippen molar-refractivity contribution >= 4 is 28.6 Å².